The predicted octanol–water partition coefficient (Wildman–Crippen LogP) is 6.99. The Bertz CT molecular complexity index is 1300. The third-order valence-corrected chi connectivity index (χ3v) is 7.85. The molecule has 12 heteroatoms. The van der Waals surface area contributed by atoms with E-state index in [-0.39, 0.29) is 12.2 Å². The highest BCUT2D eigenvalue weighted by Crippen LogP contribution is 2.43. The number of alkyl halides is 6. The van der Waals surface area contributed by atoms with Crippen LogP contribution in [0.25, 0.3) is 0 Å². The van der Waals surface area contributed by atoms with Gasteiger partial charge in [-0.3, -0.25) is 4.90 Å². The lowest BCUT2D eigenvalue weighted by atomic mass is 9.72. The van der Waals surface area contributed by atoms with Gasteiger partial charge in [-0.05, 0) is 85.3 Å². The molecule has 0 aliphatic carbocycles. The van der Waals surface area contributed by atoms with Gasteiger partial charge in [-0.2, -0.15) is 0 Å². The van der Waals surface area contributed by atoms with Gasteiger partial charge in [0.15, 0.2) is 6.29 Å². The van der Waals surface area contributed by atoms with Gasteiger partial charge >= 0.3 is 12.7 Å². The van der Waals surface area contributed by atoms with Crippen molar-refractivity contribution in [3.05, 3.63) is 94.5 Å². The van der Waals surface area contributed by atoms with Gasteiger partial charge in [0.2, 0.25) is 0 Å². The van der Waals surface area contributed by atoms with Crippen LogP contribution >= 0.6 is 0 Å². The summed E-state index contributed by atoms with van der Waals surface area (Å²) in [6.07, 6.45) is -9.06. The molecule has 43 heavy (non-hydrogen) atoms. The Morgan fingerprint density at radius 2 is 1.26 bits per heavy atom. The summed E-state index contributed by atoms with van der Waals surface area (Å²) in [7, 11) is 0. The third-order valence-electron chi connectivity index (χ3n) is 7.85. The van der Waals surface area contributed by atoms with Gasteiger partial charge in [0.25, 0.3) is 0 Å². The van der Waals surface area contributed by atoms with Gasteiger partial charge in [0, 0.05) is 12.1 Å². The van der Waals surface area contributed by atoms with Crippen LogP contribution in [0.2, 0.25) is 0 Å². The fraction of sp³-hybridized carbons (Fsp3) is 0.419. The normalized spacial score (nSPS) is 17.8. The summed E-state index contributed by atoms with van der Waals surface area (Å²) in [6.45, 7) is 5.03. The first-order valence-electron chi connectivity index (χ1n) is 13.8. The minimum Gasteiger partial charge on any atom is -0.406 e. The summed E-state index contributed by atoms with van der Waals surface area (Å²) in [5.74, 6) is -1.28. The molecular formula is C31H31F6NO5. The lowest BCUT2D eigenvalue weighted by Gasteiger charge is -2.42. The Kier molecular flexibility index (Phi) is 8.94. The highest BCUT2D eigenvalue weighted by atomic mass is 19.4. The standard InChI is InChI=1S/C31H31F6NO5/c1-20-18-21(2-11-27(20)28-40-16-17-41-28)19-38-14-12-24(13-15-38)29(39,22-3-7-25(8-4-22)42-30(32,33)34)23-5-9-26(10-6-23)43-31(35,36)37/h2-11,18,24,28,39H,12-17,19H2,1H3. The second kappa shape index (κ2) is 12.4. The quantitative estimate of drug-likeness (QED) is 0.277. The molecule has 0 aromatic heterocycles. The maximum atomic E-state index is 12.7. The van der Waals surface area contributed by atoms with Crippen molar-refractivity contribution in [2.45, 2.75) is 50.9 Å². The van der Waals surface area contributed by atoms with Gasteiger partial charge in [-0.1, -0.05) is 42.5 Å². The van der Waals surface area contributed by atoms with Crippen LogP contribution in [0, 0.1) is 12.8 Å². The average molecular weight is 612 g/mol. The minimum atomic E-state index is -4.88. The van der Waals surface area contributed by atoms with Crippen molar-refractivity contribution >= 4 is 0 Å². The van der Waals surface area contributed by atoms with Crippen LogP contribution in [0.4, 0.5) is 26.3 Å². The van der Waals surface area contributed by atoms with Gasteiger partial charge < -0.3 is 24.1 Å². The van der Waals surface area contributed by atoms with E-state index in [1.54, 1.807) is 0 Å². The van der Waals surface area contributed by atoms with Gasteiger partial charge in [-0.15, -0.1) is 26.3 Å². The number of hydrogen-bond acceptors (Lipinski definition) is 6. The second-order valence-corrected chi connectivity index (χ2v) is 10.7. The number of nitrogens with zero attached hydrogens (tertiary/aromatic N) is 1. The van der Waals surface area contributed by atoms with Crippen molar-refractivity contribution in [2.24, 2.45) is 5.92 Å². The molecule has 0 radical (unpaired) electrons. The second-order valence-electron chi connectivity index (χ2n) is 10.7. The Labute approximate surface area is 244 Å². The van der Waals surface area contributed by atoms with Crippen LogP contribution in [-0.4, -0.2) is 49.0 Å². The molecule has 5 rings (SSSR count). The molecule has 2 heterocycles. The van der Waals surface area contributed by atoms with Crippen molar-refractivity contribution in [1.82, 2.24) is 4.90 Å². The number of aliphatic hydroxyl groups is 1. The fourth-order valence-electron chi connectivity index (χ4n) is 5.87. The van der Waals surface area contributed by atoms with Gasteiger partial charge in [-0.25, -0.2) is 0 Å². The van der Waals surface area contributed by atoms with E-state index in [2.05, 4.69) is 20.4 Å². The van der Waals surface area contributed by atoms with Crippen LogP contribution in [0.3, 0.4) is 0 Å². The monoisotopic (exact) mass is 611 g/mol. The first-order chi connectivity index (χ1) is 20.3. The number of ether oxygens (including phenoxy) is 4. The first kappa shape index (κ1) is 31.1. The molecule has 2 fully saturated rings. The molecule has 2 aliphatic rings. The highest BCUT2D eigenvalue weighted by molar-refractivity contribution is 5.42. The van der Waals surface area contributed by atoms with Crippen molar-refractivity contribution in [2.75, 3.05) is 26.3 Å². The highest BCUT2D eigenvalue weighted by Gasteiger charge is 2.42. The van der Waals surface area contributed by atoms with Crippen molar-refractivity contribution in [1.29, 1.82) is 0 Å². The molecule has 6 nitrogen and oxygen atoms in total. The van der Waals surface area contributed by atoms with Crippen LogP contribution < -0.4 is 9.47 Å². The molecule has 0 unspecified atom stereocenters. The number of piperidine rings is 1. The number of rotatable bonds is 8. The van der Waals surface area contributed by atoms with Crippen molar-refractivity contribution in [3.8, 4) is 11.5 Å². The number of halogens is 6. The lowest BCUT2D eigenvalue weighted by molar-refractivity contribution is -0.275. The molecule has 2 saturated heterocycles. The van der Waals surface area contributed by atoms with Crippen LogP contribution in [0.1, 0.15) is 46.9 Å². The molecule has 0 amide bonds. The molecule has 0 spiro atoms. The molecule has 1 N–H and O–H groups in total. The number of aryl methyl sites for hydroxylation is 1. The summed E-state index contributed by atoms with van der Waals surface area (Å²) < 4.78 is 95.4. The zero-order chi connectivity index (χ0) is 30.8. The largest absolute Gasteiger partial charge is 0.573 e. The summed E-state index contributed by atoms with van der Waals surface area (Å²) >= 11 is 0. The average Bonchev–Trinajstić information content (AvgIpc) is 3.47. The van der Waals surface area contributed by atoms with Gasteiger partial charge in [0.05, 0.1) is 13.2 Å². The number of likely N-dealkylation sites (tertiary alicyclic amines) is 1. The van der Waals surface area contributed by atoms with E-state index in [4.69, 9.17) is 9.47 Å². The molecule has 2 aliphatic heterocycles. The Morgan fingerprint density at radius 1 is 0.767 bits per heavy atom. The third kappa shape index (κ3) is 7.61. The summed E-state index contributed by atoms with van der Waals surface area (Å²) in [6, 6.07) is 15.9. The molecular weight excluding hydrogens is 580 g/mol. The van der Waals surface area contributed by atoms with E-state index in [0.717, 1.165) is 41.0 Å². The van der Waals surface area contributed by atoms with E-state index >= 15 is 0 Å². The Hall–Kier alpha value is -3.32. The molecule has 0 saturated carbocycles. The van der Waals surface area contributed by atoms with E-state index in [1.165, 1.54) is 24.3 Å². The predicted molar refractivity (Wildman–Crippen MR) is 143 cm³/mol. The first-order valence-corrected chi connectivity index (χ1v) is 13.8. The van der Waals surface area contributed by atoms with E-state index in [0.29, 0.717) is 56.8 Å². The Morgan fingerprint density at radius 3 is 1.70 bits per heavy atom. The molecule has 232 valence electrons. The molecule has 0 atom stereocenters. The van der Waals surface area contributed by atoms with E-state index in [9.17, 15) is 31.4 Å². The van der Waals surface area contributed by atoms with Crippen LogP contribution in [0.15, 0.2) is 66.7 Å². The summed E-state index contributed by atoms with van der Waals surface area (Å²) in [5.41, 5.74) is 2.06. The molecule has 3 aromatic rings. The van der Waals surface area contributed by atoms with Crippen LogP contribution in [0.5, 0.6) is 11.5 Å². The molecule has 3 aromatic carbocycles. The van der Waals surface area contributed by atoms with Crippen molar-refractivity contribution in [3.63, 3.8) is 0 Å². The zero-order valence-electron chi connectivity index (χ0n) is 23.3. The zero-order valence-corrected chi connectivity index (χ0v) is 23.3. The topological polar surface area (TPSA) is 60.4 Å². The summed E-state index contributed by atoms with van der Waals surface area (Å²) in [4.78, 5) is 2.24. The fourth-order valence-corrected chi connectivity index (χ4v) is 5.87. The van der Waals surface area contributed by atoms with Crippen molar-refractivity contribution < 1.29 is 50.4 Å². The number of benzene rings is 3. The van der Waals surface area contributed by atoms with Gasteiger partial charge in [0.1, 0.15) is 17.1 Å². The maximum Gasteiger partial charge on any atom is 0.573 e. The van der Waals surface area contributed by atoms with E-state index in [1.807, 2.05) is 19.1 Å². The Balaban J connectivity index is 1.33. The summed E-state index contributed by atoms with van der Waals surface area (Å²) in [5, 5.41) is 12.2. The minimum absolute atomic E-state index is 0.299. The molecule has 0 bridgehead atoms. The van der Waals surface area contributed by atoms with E-state index < -0.39 is 29.8 Å². The number of hydrogen-bond donors (Lipinski definition) is 1. The smallest absolute Gasteiger partial charge is 0.406 e. The lowest BCUT2D eigenvalue weighted by Crippen LogP contribution is -2.44. The maximum absolute atomic E-state index is 12.7. The SMILES string of the molecule is Cc1cc(CN2CCC(C(O)(c3ccc(OC(F)(F)F)cc3)c3ccc(OC(F)(F)F)cc3)CC2)ccc1C1OCCO1. The van der Waals surface area contributed by atoms with Crippen LogP contribution in [-0.2, 0) is 21.6 Å².